The van der Waals surface area contributed by atoms with Crippen LogP contribution in [0.15, 0.2) is 0 Å². The van der Waals surface area contributed by atoms with Gasteiger partial charge in [-0.05, 0) is 0 Å². The normalized spacial score (nSPS) is 20.5. The van der Waals surface area contributed by atoms with Gasteiger partial charge in [0, 0.05) is 0 Å². The predicted molar refractivity (Wildman–Crippen MR) is 63.4 cm³/mol. The van der Waals surface area contributed by atoms with E-state index < -0.39 is 69.4 Å². The zero-order valence-electron chi connectivity index (χ0n) is 13.6. The first-order chi connectivity index (χ1) is 13.5. The van der Waals surface area contributed by atoms with Crippen molar-refractivity contribution in [1.82, 2.24) is 0 Å². The molecule has 0 aromatic rings. The van der Waals surface area contributed by atoms with Gasteiger partial charge in [-0.25, -0.2) is 48.7 Å². The Kier molecular flexibility index (Phi) is 9.15. The van der Waals surface area contributed by atoms with Crippen molar-refractivity contribution in [3.63, 3.8) is 0 Å². The fourth-order valence-electron chi connectivity index (χ4n) is 1.38. The molecule has 0 radical (unpaired) electrons. The summed E-state index contributed by atoms with van der Waals surface area (Å²) in [5.74, 6) is -27.0. The van der Waals surface area contributed by atoms with Crippen LogP contribution in [0.5, 0.6) is 0 Å². The van der Waals surface area contributed by atoms with E-state index in [-0.39, 0.29) is 0 Å². The molecule has 0 bridgehead atoms. The second-order valence-corrected chi connectivity index (χ2v) is 6.63. The summed E-state index contributed by atoms with van der Waals surface area (Å²) in [6.07, 6.45) is -30.9. The van der Waals surface area contributed by atoms with Crippen LogP contribution < -0.4 is 0 Å². The lowest BCUT2D eigenvalue weighted by Gasteiger charge is -2.32. The minimum Gasteiger partial charge on any atom is -0.302 e. The third-order valence-electron chi connectivity index (χ3n) is 3.05. The third-order valence-corrected chi connectivity index (χ3v) is 3.95. The molecule has 4 nitrogen and oxygen atoms in total. The van der Waals surface area contributed by atoms with Gasteiger partial charge in [-0.15, -0.1) is 0 Å². The molecule has 1 N–H and O–H groups in total. The maximum Gasteiger partial charge on any atom is 0.477 e. The van der Waals surface area contributed by atoms with Gasteiger partial charge in [-0.1, -0.05) is 0 Å². The Balaban J connectivity index is 5.62. The number of alkyl halides is 16. The summed E-state index contributed by atoms with van der Waals surface area (Å²) >= 11 is 0. The molecule has 31 heavy (non-hydrogen) atoms. The first-order valence-corrected chi connectivity index (χ1v) is 8.29. The molecule has 0 amide bonds. The SMILES string of the molecule is O=P(O)(OC(F)C(F)(F)C(F)(F)C(F)C(F)F)OC(F)C(F)(F)C(F)(F)C(F)C(F)F. The average molecular weight is 526 g/mol. The molecule has 0 aromatic carbocycles. The minimum absolute atomic E-state index is 2.43. The topological polar surface area (TPSA) is 55.8 Å². The zero-order valence-corrected chi connectivity index (χ0v) is 14.5. The Morgan fingerprint density at radius 1 is 0.548 bits per heavy atom. The van der Waals surface area contributed by atoms with E-state index in [4.69, 9.17) is 4.89 Å². The molecule has 21 heteroatoms. The van der Waals surface area contributed by atoms with Crippen molar-refractivity contribution in [1.29, 1.82) is 0 Å². The molecular weight excluding hydrogens is 519 g/mol. The highest BCUT2D eigenvalue weighted by atomic mass is 31.2. The summed E-state index contributed by atoms with van der Waals surface area (Å²) in [6, 6.07) is 0. The number of hydrogen-bond donors (Lipinski definition) is 1. The van der Waals surface area contributed by atoms with Gasteiger partial charge in [0.1, 0.15) is 0 Å². The van der Waals surface area contributed by atoms with Gasteiger partial charge in [-0.2, -0.15) is 35.1 Å². The fraction of sp³-hybridized carbons (Fsp3) is 1.00. The second kappa shape index (κ2) is 9.46. The van der Waals surface area contributed by atoms with Crippen LogP contribution in [0, 0.1) is 0 Å². The maximum absolute atomic E-state index is 13.1. The highest BCUT2D eigenvalue weighted by Gasteiger charge is 2.72. The Bertz CT molecular complexity index is 594. The Labute approximate surface area is 159 Å². The summed E-state index contributed by atoms with van der Waals surface area (Å²) in [4.78, 5) is 8.60. The molecule has 4 unspecified atom stereocenters. The molecule has 0 saturated heterocycles. The van der Waals surface area contributed by atoms with Gasteiger partial charge in [0.25, 0.3) is 25.6 Å². The van der Waals surface area contributed by atoms with Gasteiger partial charge in [0.05, 0.1) is 0 Å². The number of phosphoric ester groups is 1. The van der Waals surface area contributed by atoms with Crippen LogP contribution in [0.3, 0.4) is 0 Å². The summed E-state index contributed by atoms with van der Waals surface area (Å²) in [5, 5.41) is 0. The van der Waals surface area contributed by atoms with Gasteiger partial charge >= 0.3 is 31.5 Å². The zero-order chi connectivity index (χ0) is 25.4. The number of phosphoric acid groups is 1. The van der Waals surface area contributed by atoms with Gasteiger partial charge in [-0.3, -0.25) is 0 Å². The van der Waals surface area contributed by atoms with Gasteiger partial charge < -0.3 is 4.89 Å². The van der Waals surface area contributed by atoms with Crippen LogP contribution in [0.1, 0.15) is 0 Å². The molecular formula is C10H7F16O4P. The molecule has 0 aliphatic carbocycles. The van der Waals surface area contributed by atoms with E-state index in [9.17, 15) is 74.8 Å². The van der Waals surface area contributed by atoms with Crippen molar-refractivity contribution in [2.75, 3.05) is 0 Å². The molecule has 0 heterocycles. The first kappa shape index (κ1) is 30.0. The Morgan fingerprint density at radius 3 is 0.968 bits per heavy atom. The molecule has 4 atom stereocenters. The molecule has 0 rings (SSSR count). The van der Waals surface area contributed by atoms with Crippen molar-refractivity contribution in [2.24, 2.45) is 0 Å². The van der Waals surface area contributed by atoms with E-state index in [1.807, 2.05) is 0 Å². The van der Waals surface area contributed by atoms with Crippen molar-refractivity contribution in [2.45, 2.75) is 61.6 Å². The van der Waals surface area contributed by atoms with Crippen LogP contribution >= 0.6 is 7.82 Å². The number of rotatable bonds is 12. The maximum atomic E-state index is 13.1. The van der Waals surface area contributed by atoms with Crippen LogP contribution in [-0.4, -0.2) is 66.5 Å². The highest BCUT2D eigenvalue weighted by Crippen LogP contribution is 2.55. The lowest BCUT2D eigenvalue weighted by molar-refractivity contribution is -0.316. The molecule has 0 aliphatic rings. The Morgan fingerprint density at radius 2 is 0.774 bits per heavy atom. The van der Waals surface area contributed by atoms with Gasteiger partial charge in [0.2, 0.25) is 12.3 Å². The molecule has 0 aromatic heterocycles. The molecule has 0 spiro atoms. The van der Waals surface area contributed by atoms with E-state index in [2.05, 4.69) is 9.05 Å². The smallest absolute Gasteiger partial charge is 0.302 e. The van der Waals surface area contributed by atoms with Crippen molar-refractivity contribution >= 4 is 7.82 Å². The van der Waals surface area contributed by atoms with Crippen molar-refractivity contribution in [3.05, 3.63) is 0 Å². The second-order valence-electron chi connectivity index (χ2n) is 5.28. The van der Waals surface area contributed by atoms with Crippen molar-refractivity contribution in [3.8, 4) is 0 Å². The fourth-order valence-corrected chi connectivity index (χ4v) is 2.16. The lowest BCUT2D eigenvalue weighted by Crippen LogP contribution is -2.56. The highest BCUT2D eigenvalue weighted by molar-refractivity contribution is 7.47. The van der Waals surface area contributed by atoms with Crippen LogP contribution in [-0.2, 0) is 13.6 Å². The molecule has 0 saturated carbocycles. The first-order valence-electron chi connectivity index (χ1n) is 6.80. The summed E-state index contributed by atoms with van der Waals surface area (Å²) in [5.41, 5.74) is 0. The summed E-state index contributed by atoms with van der Waals surface area (Å²) in [6.45, 7) is 0. The molecule has 188 valence electrons. The van der Waals surface area contributed by atoms with Crippen molar-refractivity contribution < 1.29 is 88.8 Å². The number of hydrogen-bond acceptors (Lipinski definition) is 3. The largest absolute Gasteiger partial charge is 0.477 e. The monoisotopic (exact) mass is 526 g/mol. The van der Waals surface area contributed by atoms with Crippen LogP contribution in [0.4, 0.5) is 70.2 Å². The van der Waals surface area contributed by atoms with E-state index in [1.54, 1.807) is 0 Å². The van der Waals surface area contributed by atoms with E-state index in [0.717, 1.165) is 0 Å². The third kappa shape index (κ3) is 6.07. The summed E-state index contributed by atoms with van der Waals surface area (Å²) in [7, 11) is -7.24. The Hall–Kier alpha value is -1.01. The quantitative estimate of drug-likeness (QED) is 0.271. The van der Waals surface area contributed by atoms with Gasteiger partial charge in [0.15, 0.2) is 0 Å². The standard InChI is InChI=1S/C10H7F16O4P/c11-1(3(13)14)7(19,20)9(23,24)5(17)29-31(27,28)30-6(18)10(25,26)8(21,22)2(12)4(15)16/h1-6H,(H,27,28). The van der Waals surface area contributed by atoms with Crippen LogP contribution in [0.2, 0.25) is 0 Å². The predicted octanol–water partition coefficient (Wildman–Crippen LogP) is 5.46. The van der Waals surface area contributed by atoms with E-state index in [1.165, 1.54) is 0 Å². The number of halogens is 16. The van der Waals surface area contributed by atoms with E-state index in [0.29, 0.717) is 0 Å². The lowest BCUT2D eigenvalue weighted by atomic mass is 10.1. The van der Waals surface area contributed by atoms with Crippen LogP contribution in [0.25, 0.3) is 0 Å². The average Bonchev–Trinajstić information content (AvgIpc) is 2.58. The van der Waals surface area contributed by atoms with E-state index >= 15 is 0 Å². The summed E-state index contributed by atoms with van der Waals surface area (Å²) < 4.78 is 218. The molecule has 0 fully saturated rings. The minimum atomic E-state index is -7.24. The molecule has 0 aliphatic heterocycles.